The number of aliphatic imine (C=N–C) groups is 1. The summed E-state index contributed by atoms with van der Waals surface area (Å²) in [4.78, 5) is 11.4. The summed E-state index contributed by atoms with van der Waals surface area (Å²) in [6, 6.07) is 1.47. The summed E-state index contributed by atoms with van der Waals surface area (Å²) in [5, 5.41) is 0. The predicted octanol–water partition coefficient (Wildman–Crippen LogP) is 12.8. The van der Waals surface area contributed by atoms with Crippen molar-refractivity contribution < 1.29 is 0 Å². The molecule has 1 saturated carbocycles. The van der Waals surface area contributed by atoms with E-state index in [1.54, 1.807) is 33.7 Å². The Kier molecular flexibility index (Phi) is 8.98. The van der Waals surface area contributed by atoms with E-state index in [4.69, 9.17) is 4.99 Å². The van der Waals surface area contributed by atoms with Crippen molar-refractivity contribution in [2.24, 2.45) is 45.9 Å². The molecule has 12 rings (SSSR count). The molecular formula is C56H63N3. The highest BCUT2D eigenvalue weighted by molar-refractivity contribution is 6.11. The van der Waals surface area contributed by atoms with Gasteiger partial charge in [0.25, 0.3) is 0 Å². The minimum absolute atomic E-state index is 0.158. The van der Waals surface area contributed by atoms with Gasteiger partial charge in [0.05, 0.1) is 5.71 Å². The number of allylic oxidation sites excluding steroid dienone is 21. The van der Waals surface area contributed by atoms with E-state index in [-0.39, 0.29) is 11.6 Å². The monoisotopic (exact) mass is 778 g/mol. The van der Waals surface area contributed by atoms with E-state index in [0.717, 1.165) is 44.4 Å². The lowest BCUT2D eigenvalue weighted by molar-refractivity contribution is 0.135. The molecule has 10 unspecified atom stereocenters. The maximum atomic E-state index is 5.67. The standard InChI is InChI=1S/C56H63N3/c1-56(2)48-22-12-9-19-42(48)45-35-41(27-28-49(45)56)58-51-23-13-10-20-43(51)46-31-38(25-29-53(46)58)39-26-30-54-47(32-39)44-21-11-14-24-52(44)59(54)55-34-40(36-15-5-3-6-16-36)33-50(57-55)37-17-7-4-8-18-37/h5,7,11-18,21-24,26-28,31,33,42,44-48,52-55H,3-4,6,8-10,19-20,25,29-30,32,34-35H2,1-2H3. The molecule has 0 spiro atoms. The first-order valence-electron chi connectivity index (χ1n) is 23.8. The smallest absolute Gasteiger partial charge is 0.107 e. The van der Waals surface area contributed by atoms with Crippen LogP contribution < -0.4 is 0 Å². The number of rotatable bonds is 5. The summed E-state index contributed by atoms with van der Waals surface area (Å²) in [6.07, 6.45) is 63.8. The first-order valence-corrected chi connectivity index (χ1v) is 23.8. The van der Waals surface area contributed by atoms with E-state index in [1.807, 2.05) is 0 Å². The lowest BCUT2D eigenvalue weighted by Gasteiger charge is -2.40. The molecule has 3 heterocycles. The summed E-state index contributed by atoms with van der Waals surface area (Å²) in [6.45, 7) is 5.05. The average molecular weight is 778 g/mol. The van der Waals surface area contributed by atoms with Crippen molar-refractivity contribution >= 4 is 5.71 Å². The van der Waals surface area contributed by atoms with Gasteiger partial charge in [-0.25, -0.2) is 0 Å². The Balaban J connectivity index is 0.834. The van der Waals surface area contributed by atoms with Gasteiger partial charge in [-0.15, -0.1) is 0 Å². The van der Waals surface area contributed by atoms with Crippen molar-refractivity contribution in [3.8, 4) is 0 Å². The maximum absolute atomic E-state index is 5.67. The zero-order valence-corrected chi connectivity index (χ0v) is 35.5. The predicted molar refractivity (Wildman–Crippen MR) is 244 cm³/mol. The first kappa shape index (κ1) is 36.6. The molecule has 0 amide bonds. The largest absolute Gasteiger partial charge is 0.341 e. The molecule has 0 N–H and O–H groups in total. The van der Waals surface area contributed by atoms with E-state index in [2.05, 4.69) is 139 Å². The van der Waals surface area contributed by atoms with Gasteiger partial charge < -0.3 is 4.90 Å². The minimum Gasteiger partial charge on any atom is -0.341 e. The van der Waals surface area contributed by atoms with Crippen LogP contribution in [0.5, 0.6) is 0 Å². The highest BCUT2D eigenvalue weighted by Gasteiger charge is 2.54. The first-order chi connectivity index (χ1) is 29.0. The molecule has 12 aliphatic rings. The zero-order chi connectivity index (χ0) is 39.2. The number of fused-ring (bicyclic) bond motifs is 8. The molecule has 302 valence electrons. The van der Waals surface area contributed by atoms with Gasteiger partial charge in [0.2, 0.25) is 0 Å². The molecule has 2 fully saturated rings. The fourth-order valence-corrected chi connectivity index (χ4v) is 14.5. The van der Waals surface area contributed by atoms with Crippen molar-refractivity contribution in [3.05, 3.63) is 166 Å². The molecule has 3 nitrogen and oxygen atoms in total. The highest BCUT2D eigenvalue weighted by Crippen LogP contribution is 2.61. The third kappa shape index (κ3) is 5.94. The van der Waals surface area contributed by atoms with Gasteiger partial charge in [0.15, 0.2) is 0 Å². The van der Waals surface area contributed by atoms with Crippen molar-refractivity contribution in [1.29, 1.82) is 0 Å². The van der Waals surface area contributed by atoms with Crippen LogP contribution in [-0.4, -0.2) is 39.8 Å². The molecule has 3 heteroatoms. The van der Waals surface area contributed by atoms with E-state index < -0.39 is 0 Å². The zero-order valence-electron chi connectivity index (χ0n) is 35.5. The Morgan fingerprint density at radius 1 is 0.695 bits per heavy atom. The van der Waals surface area contributed by atoms with Crippen LogP contribution in [-0.2, 0) is 0 Å². The number of nitrogens with zero attached hydrogens (tertiary/aromatic N) is 3. The molecule has 0 aromatic carbocycles. The lowest BCUT2D eigenvalue weighted by Crippen LogP contribution is -2.46. The molecule has 10 atom stereocenters. The molecule has 0 radical (unpaired) electrons. The van der Waals surface area contributed by atoms with E-state index in [9.17, 15) is 0 Å². The van der Waals surface area contributed by atoms with Gasteiger partial charge in [0, 0.05) is 47.8 Å². The quantitative estimate of drug-likeness (QED) is 0.259. The van der Waals surface area contributed by atoms with Crippen molar-refractivity contribution in [2.75, 3.05) is 0 Å². The number of hydrogen-bond acceptors (Lipinski definition) is 3. The normalized spacial score (nSPS) is 38.8. The maximum Gasteiger partial charge on any atom is 0.107 e. The Bertz CT molecular complexity index is 2290. The van der Waals surface area contributed by atoms with Gasteiger partial charge in [0.1, 0.15) is 6.17 Å². The second-order valence-corrected chi connectivity index (χ2v) is 20.4. The van der Waals surface area contributed by atoms with Crippen LogP contribution >= 0.6 is 0 Å². The van der Waals surface area contributed by atoms with Crippen LogP contribution in [0.15, 0.2) is 171 Å². The SMILES string of the molecule is CC1(C)C2=CC=C(N3C4=C(CCC=C4)C4C=C(C5=CCC6C(C5)C5C=CC=CC5N6C5CC(C6=CCCC=C6)=CC(C6=CCCC=C6)=N5)CCC43)CC2C2CCC=CC21. The molecular weight excluding hydrogens is 715 g/mol. The Morgan fingerprint density at radius 2 is 1.54 bits per heavy atom. The van der Waals surface area contributed by atoms with Crippen LogP contribution in [0.25, 0.3) is 0 Å². The molecule has 0 bridgehead atoms. The molecule has 0 aromatic rings. The van der Waals surface area contributed by atoms with Crippen LogP contribution in [0.1, 0.15) is 104 Å². The molecule has 9 aliphatic carbocycles. The second kappa shape index (κ2) is 14.5. The summed E-state index contributed by atoms with van der Waals surface area (Å²) in [5.41, 5.74) is 15.6. The molecule has 3 aliphatic heterocycles. The summed E-state index contributed by atoms with van der Waals surface area (Å²) < 4.78 is 0. The Labute approximate surface area is 354 Å². The third-order valence-corrected chi connectivity index (χ3v) is 17.2. The Morgan fingerprint density at radius 3 is 2.41 bits per heavy atom. The van der Waals surface area contributed by atoms with Gasteiger partial charge in [-0.1, -0.05) is 117 Å². The number of likely N-dealkylation sites (tertiary alicyclic amines) is 1. The van der Waals surface area contributed by atoms with E-state index in [1.165, 1.54) is 73.8 Å². The molecule has 59 heavy (non-hydrogen) atoms. The van der Waals surface area contributed by atoms with Crippen LogP contribution in [0.4, 0.5) is 0 Å². The second-order valence-electron chi connectivity index (χ2n) is 20.4. The van der Waals surface area contributed by atoms with Gasteiger partial charge in [-0.05, 0) is 164 Å². The highest BCUT2D eigenvalue weighted by atomic mass is 15.3. The van der Waals surface area contributed by atoms with Crippen molar-refractivity contribution in [1.82, 2.24) is 9.80 Å². The number of dihydropyridines is 1. The fraction of sp³-hybridized carbons (Fsp3) is 0.482. The lowest BCUT2D eigenvalue weighted by atomic mass is 9.72. The third-order valence-electron chi connectivity index (χ3n) is 17.2. The fourth-order valence-electron chi connectivity index (χ4n) is 14.5. The average Bonchev–Trinajstić information content (AvgIpc) is 3.89. The van der Waals surface area contributed by atoms with Gasteiger partial charge in [-0.3, -0.25) is 9.89 Å². The van der Waals surface area contributed by atoms with E-state index in [0.29, 0.717) is 47.7 Å². The molecule has 1 saturated heterocycles. The summed E-state index contributed by atoms with van der Waals surface area (Å²) in [7, 11) is 0. The van der Waals surface area contributed by atoms with Crippen molar-refractivity contribution in [3.63, 3.8) is 0 Å². The Hall–Kier alpha value is -4.21. The summed E-state index contributed by atoms with van der Waals surface area (Å²) in [5.74, 6) is 3.87. The van der Waals surface area contributed by atoms with Crippen LogP contribution in [0.2, 0.25) is 0 Å². The van der Waals surface area contributed by atoms with E-state index >= 15 is 0 Å². The minimum atomic E-state index is 0.158. The van der Waals surface area contributed by atoms with Crippen molar-refractivity contribution in [2.45, 2.75) is 128 Å². The van der Waals surface area contributed by atoms with Crippen LogP contribution in [0, 0.1) is 40.9 Å². The van der Waals surface area contributed by atoms with Gasteiger partial charge >= 0.3 is 0 Å². The number of hydrogen-bond donors (Lipinski definition) is 0. The van der Waals surface area contributed by atoms with Crippen LogP contribution in [0.3, 0.4) is 0 Å². The summed E-state index contributed by atoms with van der Waals surface area (Å²) >= 11 is 0. The van der Waals surface area contributed by atoms with Gasteiger partial charge in [-0.2, -0.15) is 0 Å². The topological polar surface area (TPSA) is 18.8 Å². The molecule has 0 aromatic heterocycles.